The van der Waals surface area contributed by atoms with E-state index in [1.165, 1.54) is 31.3 Å². The molecule has 1 saturated heterocycles. The van der Waals surface area contributed by atoms with Crippen molar-refractivity contribution in [2.24, 2.45) is 35.0 Å². The van der Waals surface area contributed by atoms with E-state index in [0.29, 0.717) is 48.2 Å². The van der Waals surface area contributed by atoms with Crippen LogP contribution in [0, 0.1) is 35.0 Å². The Labute approximate surface area is 217 Å². The highest BCUT2D eigenvalue weighted by atomic mass is 16.6. The van der Waals surface area contributed by atoms with Crippen LogP contribution in [0.1, 0.15) is 78.6 Å². The van der Waals surface area contributed by atoms with Crippen molar-refractivity contribution in [1.82, 2.24) is 0 Å². The number of carbonyl (C=O) groups is 1. The Balaban J connectivity index is 1.46. The quantitative estimate of drug-likeness (QED) is 0.329. The molecule has 1 heterocycles. The summed E-state index contributed by atoms with van der Waals surface area (Å²) < 4.78 is 5.65. The van der Waals surface area contributed by atoms with E-state index in [4.69, 9.17) is 9.84 Å². The molecule has 3 saturated carbocycles. The van der Waals surface area contributed by atoms with Crippen molar-refractivity contribution in [3.8, 4) is 0 Å². The molecule has 0 aromatic carbocycles. The first-order valence-corrected chi connectivity index (χ1v) is 14.0. The van der Waals surface area contributed by atoms with Crippen LogP contribution in [-0.2, 0) is 9.53 Å². The van der Waals surface area contributed by atoms with Crippen LogP contribution in [0.2, 0.25) is 0 Å². The lowest BCUT2D eigenvalue weighted by molar-refractivity contribution is -0.140. The number of ether oxygens (including phenoxy) is 1. The Bertz CT molecular complexity index is 931. The second-order valence-corrected chi connectivity index (χ2v) is 12.3. The fourth-order valence-corrected chi connectivity index (χ4v) is 7.95. The molecule has 36 heavy (non-hydrogen) atoms. The molecular formula is C31H46O5. The maximum Gasteiger partial charge on any atom is 0.334 e. The van der Waals surface area contributed by atoms with Gasteiger partial charge in [-0.25, -0.2) is 4.79 Å². The van der Waals surface area contributed by atoms with Crippen LogP contribution in [-0.4, -0.2) is 46.2 Å². The molecule has 9 atom stereocenters. The van der Waals surface area contributed by atoms with Gasteiger partial charge in [-0.1, -0.05) is 51.7 Å². The number of hydrogen-bond acceptors (Lipinski definition) is 5. The average Bonchev–Trinajstić information content (AvgIpc) is 3.32. The normalized spacial score (nSPS) is 42.2. The van der Waals surface area contributed by atoms with Crippen LogP contribution >= 0.6 is 0 Å². The zero-order valence-electron chi connectivity index (χ0n) is 22.4. The Kier molecular flexibility index (Phi) is 8.33. The van der Waals surface area contributed by atoms with Gasteiger partial charge in [0.05, 0.1) is 12.2 Å². The number of aliphatic hydroxyl groups excluding tert-OH is 3. The van der Waals surface area contributed by atoms with E-state index in [2.05, 4.69) is 46.1 Å². The summed E-state index contributed by atoms with van der Waals surface area (Å²) in [6, 6.07) is 0. The van der Waals surface area contributed by atoms with Gasteiger partial charge in [-0.2, -0.15) is 0 Å². The van der Waals surface area contributed by atoms with E-state index in [0.717, 1.165) is 18.4 Å². The van der Waals surface area contributed by atoms with Gasteiger partial charge in [-0.3, -0.25) is 0 Å². The van der Waals surface area contributed by atoms with Crippen LogP contribution in [0.25, 0.3) is 0 Å². The van der Waals surface area contributed by atoms with Crippen molar-refractivity contribution in [2.75, 3.05) is 6.61 Å². The molecule has 4 rings (SSSR count). The number of hydrogen-bond donors (Lipinski definition) is 3. The van der Waals surface area contributed by atoms with E-state index in [1.54, 1.807) is 0 Å². The molecule has 3 N–H and O–H groups in total. The predicted molar refractivity (Wildman–Crippen MR) is 142 cm³/mol. The molecule has 1 aliphatic heterocycles. The van der Waals surface area contributed by atoms with Gasteiger partial charge in [0, 0.05) is 24.0 Å². The molecule has 5 nitrogen and oxygen atoms in total. The first kappa shape index (κ1) is 27.3. The molecule has 0 spiro atoms. The summed E-state index contributed by atoms with van der Waals surface area (Å²) in [5.74, 6) is 1.21. The monoisotopic (exact) mass is 498 g/mol. The standard InChI is InChI=1S/C31H46O5/c1-18(16-28-19(2)20(3)30(35)36-28)25-12-13-26-22(8-6-14-31(25,26)5)10-11-23-17-27(33)24(9-7-15-32)29(34)21(23)4/h10-11,18-19,24-29,32-34H,3-4,6-9,12-17H2,1-2,5H3/b22-10+,23-11-/t18-,19-,24+,25-,26+,27-,28-,29-,31-/m1/s1. The van der Waals surface area contributed by atoms with Gasteiger partial charge in [0.25, 0.3) is 0 Å². The number of carbonyl (C=O) groups excluding carboxylic acids is 1. The highest BCUT2D eigenvalue weighted by Crippen LogP contribution is 2.60. The summed E-state index contributed by atoms with van der Waals surface area (Å²) in [6.45, 7) is 15.0. The highest BCUT2D eigenvalue weighted by Gasteiger charge is 2.51. The van der Waals surface area contributed by atoms with Gasteiger partial charge in [0.15, 0.2) is 0 Å². The Hall–Kier alpha value is -1.69. The molecule has 4 aliphatic rings. The molecular weight excluding hydrogens is 452 g/mol. The summed E-state index contributed by atoms with van der Waals surface area (Å²) in [6.07, 6.45) is 11.4. The van der Waals surface area contributed by atoms with E-state index < -0.39 is 12.2 Å². The zero-order chi connectivity index (χ0) is 26.2. The molecule has 4 fully saturated rings. The van der Waals surface area contributed by atoms with E-state index in [1.807, 2.05) is 0 Å². The number of allylic oxidation sites excluding steroid dienone is 3. The van der Waals surface area contributed by atoms with Crippen molar-refractivity contribution in [1.29, 1.82) is 0 Å². The summed E-state index contributed by atoms with van der Waals surface area (Å²) >= 11 is 0. The minimum Gasteiger partial charge on any atom is -0.458 e. The third-order valence-corrected chi connectivity index (χ3v) is 10.2. The van der Waals surface area contributed by atoms with Crippen molar-refractivity contribution < 1.29 is 24.9 Å². The smallest absolute Gasteiger partial charge is 0.334 e. The molecule has 0 radical (unpaired) electrons. The second kappa shape index (κ2) is 11.0. The van der Waals surface area contributed by atoms with E-state index in [9.17, 15) is 15.0 Å². The molecule has 200 valence electrons. The third-order valence-electron chi connectivity index (χ3n) is 10.2. The average molecular weight is 499 g/mol. The second-order valence-electron chi connectivity index (χ2n) is 12.3. The van der Waals surface area contributed by atoms with Gasteiger partial charge in [-0.15, -0.1) is 0 Å². The van der Waals surface area contributed by atoms with Crippen LogP contribution in [0.3, 0.4) is 0 Å². The maximum absolute atomic E-state index is 12.0. The van der Waals surface area contributed by atoms with Crippen LogP contribution in [0.4, 0.5) is 0 Å². The molecule has 3 aliphatic carbocycles. The Morgan fingerprint density at radius 3 is 2.61 bits per heavy atom. The van der Waals surface area contributed by atoms with Gasteiger partial charge in [-0.05, 0) is 92.1 Å². The lowest BCUT2D eigenvalue weighted by atomic mass is 9.60. The van der Waals surface area contributed by atoms with Crippen LogP contribution in [0.15, 0.2) is 47.6 Å². The van der Waals surface area contributed by atoms with Crippen LogP contribution < -0.4 is 0 Å². The molecule has 0 aromatic heterocycles. The van der Waals surface area contributed by atoms with E-state index >= 15 is 0 Å². The zero-order valence-corrected chi connectivity index (χ0v) is 22.4. The third kappa shape index (κ3) is 5.04. The summed E-state index contributed by atoms with van der Waals surface area (Å²) in [7, 11) is 0. The minimum atomic E-state index is -0.763. The lowest BCUT2D eigenvalue weighted by Gasteiger charge is -2.44. The first-order chi connectivity index (χ1) is 17.1. The lowest BCUT2D eigenvalue weighted by Crippen LogP contribution is -2.38. The number of rotatable bonds is 7. The summed E-state index contributed by atoms with van der Waals surface area (Å²) in [4.78, 5) is 12.0. The van der Waals surface area contributed by atoms with Crippen molar-refractivity contribution in [2.45, 2.75) is 96.9 Å². The summed E-state index contributed by atoms with van der Waals surface area (Å²) in [5.41, 5.74) is 3.98. The first-order valence-electron chi connectivity index (χ1n) is 14.0. The van der Waals surface area contributed by atoms with Crippen LogP contribution in [0.5, 0.6) is 0 Å². The van der Waals surface area contributed by atoms with Crippen molar-refractivity contribution in [3.05, 3.63) is 47.6 Å². The van der Waals surface area contributed by atoms with Gasteiger partial charge >= 0.3 is 5.97 Å². The topological polar surface area (TPSA) is 87.0 Å². The SMILES string of the molecule is C=C1C(=O)O[C@H](C[C@@H](C)[C@H]2CC[C@H]3/C(=C/C=C4/C[C@@H](O)[C@H](CCCO)[C@H](O)C4=C)CCC[C@]23C)[C@@H]1C. The minimum absolute atomic E-state index is 0.0534. The Morgan fingerprint density at radius 2 is 1.94 bits per heavy atom. The number of aliphatic hydroxyl groups is 3. The number of fused-ring (bicyclic) bond motifs is 1. The van der Waals surface area contributed by atoms with Gasteiger partial charge < -0.3 is 20.1 Å². The Morgan fingerprint density at radius 1 is 1.19 bits per heavy atom. The fourth-order valence-electron chi connectivity index (χ4n) is 7.95. The highest BCUT2D eigenvalue weighted by molar-refractivity contribution is 5.90. The summed E-state index contributed by atoms with van der Waals surface area (Å²) in [5, 5.41) is 30.6. The maximum atomic E-state index is 12.0. The fraction of sp³-hybridized carbons (Fsp3) is 0.710. The largest absolute Gasteiger partial charge is 0.458 e. The molecule has 5 heteroatoms. The molecule has 0 bridgehead atoms. The molecule has 0 amide bonds. The van der Waals surface area contributed by atoms with Gasteiger partial charge in [0.2, 0.25) is 0 Å². The van der Waals surface area contributed by atoms with Crippen molar-refractivity contribution >= 4 is 5.97 Å². The molecule has 0 aromatic rings. The number of esters is 1. The molecule has 0 unspecified atom stereocenters. The van der Waals surface area contributed by atoms with Crippen molar-refractivity contribution in [3.63, 3.8) is 0 Å². The van der Waals surface area contributed by atoms with E-state index in [-0.39, 0.29) is 35.9 Å². The number of cyclic esters (lactones) is 1. The predicted octanol–water partition coefficient (Wildman–Crippen LogP) is 5.27. The van der Waals surface area contributed by atoms with Gasteiger partial charge in [0.1, 0.15) is 6.10 Å².